The number of fused-ring (bicyclic) bond motifs is 1. The number of benzene rings is 1. The summed E-state index contributed by atoms with van der Waals surface area (Å²) in [5.74, 6) is 0. The first kappa shape index (κ1) is 10.8. The molecule has 2 heterocycles. The van der Waals surface area contributed by atoms with Gasteiger partial charge in [-0.05, 0) is 0 Å². The number of hydrogen-bond donors (Lipinski definition) is 0. The van der Waals surface area contributed by atoms with Crippen molar-refractivity contribution < 1.29 is 0 Å². The van der Waals surface area contributed by atoms with Gasteiger partial charge >= 0.3 is 108 Å². The molecule has 5 heteroatoms. The van der Waals surface area contributed by atoms with Crippen molar-refractivity contribution in [3.05, 3.63) is 58.0 Å². The van der Waals surface area contributed by atoms with Crippen molar-refractivity contribution in [2.24, 2.45) is 0 Å². The molecule has 2 aromatic heterocycles. The monoisotopic (exact) mass is 310 g/mol. The van der Waals surface area contributed by atoms with E-state index in [-0.39, 0.29) is 20.3 Å². The molecule has 0 unspecified atom stereocenters. The fourth-order valence-corrected chi connectivity index (χ4v) is 3.71. The van der Waals surface area contributed by atoms with Crippen LogP contribution in [0, 0.1) is 0 Å². The molecular weight excluding hydrogens is 303 g/mol. The summed E-state index contributed by atoms with van der Waals surface area (Å²) >= 11 is 5.75. The Labute approximate surface area is 108 Å². The molecule has 0 bridgehead atoms. The predicted molar refractivity (Wildman–Crippen MR) is 69.3 cm³/mol. The van der Waals surface area contributed by atoms with E-state index in [2.05, 4.69) is 4.98 Å². The van der Waals surface area contributed by atoms with E-state index < -0.39 is 0 Å². The Bertz CT molecular complexity index is 730. The molecule has 3 rings (SSSR count). The van der Waals surface area contributed by atoms with E-state index in [0.29, 0.717) is 10.4 Å². The number of pyridine rings is 1. The fraction of sp³-hybridized carbons (Fsp3) is 0. The fourth-order valence-electron chi connectivity index (χ4n) is 1.61. The Morgan fingerprint density at radius 1 is 1.18 bits per heavy atom. The van der Waals surface area contributed by atoms with E-state index in [0.717, 1.165) is 10.1 Å². The summed E-state index contributed by atoms with van der Waals surface area (Å²) in [6.45, 7) is 0. The molecular formula is C12H7ClN2OSe. The molecule has 84 valence electrons. The number of halogens is 1. The van der Waals surface area contributed by atoms with Gasteiger partial charge in [0.15, 0.2) is 0 Å². The molecule has 0 aliphatic carbocycles. The zero-order chi connectivity index (χ0) is 11.8. The Morgan fingerprint density at radius 3 is 2.65 bits per heavy atom. The molecule has 0 radical (unpaired) electrons. The van der Waals surface area contributed by atoms with E-state index in [9.17, 15) is 4.79 Å². The molecule has 0 spiro atoms. The Balaban J connectivity index is 2.27. The number of rotatable bonds is 1. The first-order chi connectivity index (χ1) is 8.25. The zero-order valence-corrected chi connectivity index (χ0v) is 11.1. The first-order valence-corrected chi connectivity index (χ1v) is 6.99. The molecule has 0 aliphatic heterocycles. The van der Waals surface area contributed by atoms with Crippen LogP contribution in [0.2, 0.25) is 5.02 Å². The van der Waals surface area contributed by atoms with Gasteiger partial charge in [0.05, 0.1) is 0 Å². The van der Waals surface area contributed by atoms with Gasteiger partial charge in [0, 0.05) is 0 Å². The van der Waals surface area contributed by atoms with Crippen molar-refractivity contribution in [2.45, 2.75) is 0 Å². The second kappa shape index (κ2) is 4.15. The van der Waals surface area contributed by atoms with E-state index in [1.54, 1.807) is 28.0 Å². The van der Waals surface area contributed by atoms with Gasteiger partial charge in [0.2, 0.25) is 0 Å². The van der Waals surface area contributed by atoms with Crippen molar-refractivity contribution in [2.75, 3.05) is 0 Å². The summed E-state index contributed by atoms with van der Waals surface area (Å²) in [5.41, 5.74) is 0.896. The standard InChI is InChI=1S/C12H7ClN2OSe/c13-8-3-5-9(6-4-8)15-12(16)10-2-1-7-14-11(10)17-15/h1-7H. The number of nitrogens with zero attached hydrogens (tertiary/aromatic N) is 2. The van der Waals surface area contributed by atoms with Crippen LogP contribution in [0.5, 0.6) is 0 Å². The first-order valence-electron chi connectivity index (χ1n) is 4.99. The second-order valence-corrected chi connectivity index (χ2v) is 5.92. The van der Waals surface area contributed by atoms with Crippen LogP contribution in [0.4, 0.5) is 0 Å². The topological polar surface area (TPSA) is 34.9 Å². The van der Waals surface area contributed by atoms with Crippen LogP contribution in [0.25, 0.3) is 15.5 Å². The summed E-state index contributed by atoms with van der Waals surface area (Å²) in [6, 6.07) is 10.9. The van der Waals surface area contributed by atoms with Crippen molar-refractivity contribution in [1.29, 1.82) is 0 Å². The van der Waals surface area contributed by atoms with Crippen LogP contribution in [0.15, 0.2) is 47.4 Å². The van der Waals surface area contributed by atoms with Crippen LogP contribution in [-0.2, 0) is 0 Å². The van der Waals surface area contributed by atoms with Crippen LogP contribution >= 0.6 is 11.6 Å². The molecule has 0 fully saturated rings. The van der Waals surface area contributed by atoms with E-state index in [1.807, 2.05) is 18.2 Å². The molecule has 0 saturated carbocycles. The second-order valence-electron chi connectivity index (χ2n) is 3.52. The van der Waals surface area contributed by atoms with E-state index in [4.69, 9.17) is 11.6 Å². The van der Waals surface area contributed by atoms with Gasteiger partial charge in [-0.15, -0.1) is 0 Å². The molecule has 1 aromatic carbocycles. The third-order valence-corrected chi connectivity index (χ3v) is 4.90. The van der Waals surface area contributed by atoms with Crippen molar-refractivity contribution >= 4 is 36.1 Å². The SMILES string of the molecule is O=c1c2cccnc2[se]n1-c1ccc(Cl)cc1. The molecule has 0 atom stereocenters. The zero-order valence-electron chi connectivity index (χ0n) is 8.63. The summed E-state index contributed by atoms with van der Waals surface area (Å²) < 4.78 is 2.65. The number of aromatic nitrogens is 2. The normalized spacial score (nSPS) is 10.9. The van der Waals surface area contributed by atoms with Gasteiger partial charge in [-0.25, -0.2) is 0 Å². The molecule has 17 heavy (non-hydrogen) atoms. The van der Waals surface area contributed by atoms with Gasteiger partial charge in [0.1, 0.15) is 0 Å². The van der Waals surface area contributed by atoms with Crippen LogP contribution < -0.4 is 5.56 Å². The summed E-state index contributed by atoms with van der Waals surface area (Å²) in [7, 11) is 0. The molecule has 0 saturated heterocycles. The minimum atomic E-state index is -0.0818. The molecule has 3 nitrogen and oxygen atoms in total. The van der Waals surface area contributed by atoms with Gasteiger partial charge in [-0.1, -0.05) is 0 Å². The summed E-state index contributed by atoms with van der Waals surface area (Å²) in [4.78, 5) is 16.4. The van der Waals surface area contributed by atoms with Crippen molar-refractivity contribution in [1.82, 2.24) is 8.55 Å². The van der Waals surface area contributed by atoms with Crippen molar-refractivity contribution in [3.8, 4) is 5.69 Å². The predicted octanol–water partition coefficient (Wildman–Crippen LogP) is 2.10. The van der Waals surface area contributed by atoms with Crippen molar-refractivity contribution in [3.63, 3.8) is 0 Å². The number of hydrogen-bond acceptors (Lipinski definition) is 2. The van der Waals surface area contributed by atoms with Crippen LogP contribution in [-0.4, -0.2) is 23.3 Å². The van der Waals surface area contributed by atoms with E-state index in [1.165, 1.54) is 0 Å². The maximum atomic E-state index is 12.2. The molecule has 0 aliphatic rings. The molecule has 3 aromatic rings. The summed E-state index contributed by atoms with van der Waals surface area (Å²) in [6.07, 6.45) is 1.72. The maximum absolute atomic E-state index is 12.2. The van der Waals surface area contributed by atoms with Crippen LogP contribution in [0.1, 0.15) is 0 Å². The average molecular weight is 310 g/mol. The van der Waals surface area contributed by atoms with Gasteiger partial charge < -0.3 is 0 Å². The third-order valence-electron chi connectivity index (χ3n) is 2.42. The van der Waals surface area contributed by atoms with Gasteiger partial charge in [-0.3, -0.25) is 0 Å². The minimum absolute atomic E-state index is 0.0235. The Hall–Kier alpha value is -1.35. The average Bonchev–Trinajstić information content (AvgIpc) is 2.69. The van der Waals surface area contributed by atoms with Gasteiger partial charge in [-0.2, -0.15) is 0 Å². The Morgan fingerprint density at radius 2 is 1.94 bits per heavy atom. The van der Waals surface area contributed by atoms with Crippen LogP contribution in [0.3, 0.4) is 0 Å². The molecule has 0 N–H and O–H groups in total. The Kier molecular flexibility index (Phi) is 2.63. The summed E-state index contributed by atoms with van der Waals surface area (Å²) in [5, 5.41) is 1.38. The quantitative estimate of drug-likeness (QED) is 0.645. The van der Waals surface area contributed by atoms with Gasteiger partial charge in [0.25, 0.3) is 0 Å². The third kappa shape index (κ3) is 1.84. The van der Waals surface area contributed by atoms with E-state index >= 15 is 0 Å². The molecule has 0 amide bonds.